The number of nitrogens with zero attached hydrogens (tertiary/aromatic N) is 5. The third kappa shape index (κ3) is 9.45. The van der Waals surface area contributed by atoms with Crippen LogP contribution in [-0.2, 0) is 43.2 Å². The molecule has 6 bridgehead atoms. The number of benzene rings is 1. The minimum absolute atomic E-state index is 0.0164. The lowest BCUT2D eigenvalue weighted by atomic mass is 9.85. The summed E-state index contributed by atoms with van der Waals surface area (Å²) < 4.78 is 77.5. The Labute approximate surface area is 321 Å². The number of aliphatic imine (C=N–C) groups is 1. The number of nitrogens with one attached hydrogen (secondary N) is 1. The van der Waals surface area contributed by atoms with Gasteiger partial charge in [0.1, 0.15) is 18.4 Å². The number of hydrogen-bond donors (Lipinski definition) is 2. The van der Waals surface area contributed by atoms with Crippen LogP contribution in [0.25, 0.3) is 28.2 Å². The van der Waals surface area contributed by atoms with Crippen molar-refractivity contribution in [2.75, 3.05) is 46.6 Å². The van der Waals surface area contributed by atoms with E-state index in [9.17, 15) is 22.8 Å². The number of amides is 1. The molecule has 0 radical (unpaired) electrons. The molecule has 6 rings (SSSR count). The van der Waals surface area contributed by atoms with Gasteiger partial charge in [-0.1, -0.05) is 20.4 Å². The molecule has 0 spiro atoms. The highest BCUT2D eigenvalue weighted by Gasteiger charge is 2.36. The molecule has 3 atom stereocenters. The van der Waals surface area contributed by atoms with Crippen LogP contribution >= 0.6 is 11.3 Å². The van der Waals surface area contributed by atoms with E-state index in [0.29, 0.717) is 73.0 Å². The summed E-state index contributed by atoms with van der Waals surface area (Å²) >= 11 is 1.20. The molecule has 5 heterocycles. The average Bonchev–Trinajstić information content (AvgIpc) is 3.71. The van der Waals surface area contributed by atoms with Crippen LogP contribution in [0.15, 0.2) is 40.5 Å². The number of esters is 1. The number of rotatable bonds is 7. The van der Waals surface area contributed by atoms with Crippen molar-refractivity contribution in [2.45, 2.75) is 77.4 Å². The van der Waals surface area contributed by atoms with Gasteiger partial charge in [0.25, 0.3) is 5.91 Å². The largest absolute Gasteiger partial charge is 0.464 e. The van der Waals surface area contributed by atoms with Crippen LogP contribution in [0.4, 0.5) is 17.6 Å². The lowest BCUT2D eigenvalue weighted by molar-refractivity contribution is -0.155. The summed E-state index contributed by atoms with van der Waals surface area (Å²) in [4.78, 5) is 37.9. The van der Waals surface area contributed by atoms with Crippen molar-refractivity contribution in [1.82, 2.24) is 24.9 Å². The minimum atomic E-state index is -4.68. The Kier molecular flexibility index (Phi) is 12.2. The van der Waals surface area contributed by atoms with Gasteiger partial charge < -0.3 is 29.4 Å². The minimum Gasteiger partial charge on any atom is -0.464 e. The molecule has 298 valence electrons. The number of nitrogens with two attached hydrogens (primary N) is 1. The number of cyclic esters (lactones) is 1. The molecule has 12 nitrogen and oxygen atoms in total. The Balaban J connectivity index is 1.54. The van der Waals surface area contributed by atoms with E-state index in [-0.39, 0.29) is 41.9 Å². The van der Waals surface area contributed by atoms with Gasteiger partial charge in [0.05, 0.1) is 53.9 Å². The molecule has 3 aromatic rings. The zero-order chi connectivity index (χ0) is 39.7. The monoisotopic (exact) mass is 789 g/mol. The van der Waals surface area contributed by atoms with Crippen molar-refractivity contribution in [3.8, 4) is 11.3 Å². The summed E-state index contributed by atoms with van der Waals surface area (Å²) in [5.41, 5.74) is 10.3. The van der Waals surface area contributed by atoms with E-state index in [2.05, 4.69) is 22.0 Å². The van der Waals surface area contributed by atoms with Crippen LogP contribution in [0.2, 0.25) is 0 Å². The number of thiazole rings is 1. The van der Waals surface area contributed by atoms with Gasteiger partial charge in [-0.2, -0.15) is 13.2 Å². The van der Waals surface area contributed by atoms with E-state index in [1.807, 2.05) is 18.7 Å². The summed E-state index contributed by atoms with van der Waals surface area (Å²) in [5, 5.41) is 3.81. The van der Waals surface area contributed by atoms with Crippen molar-refractivity contribution in [3.05, 3.63) is 57.6 Å². The Morgan fingerprint density at radius 1 is 1.25 bits per heavy atom. The second-order valence-electron chi connectivity index (χ2n) is 14.9. The number of carbonyl (C=O) groups excluding carboxylic acids is 2. The van der Waals surface area contributed by atoms with Crippen molar-refractivity contribution in [3.63, 3.8) is 0 Å². The van der Waals surface area contributed by atoms with Gasteiger partial charge in [0, 0.05) is 72.5 Å². The number of methoxy groups -OCH3 is 1. The van der Waals surface area contributed by atoms with E-state index in [0.717, 1.165) is 10.6 Å². The van der Waals surface area contributed by atoms with Crippen LogP contribution in [0, 0.1) is 11.2 Å². The molecular formula is C38H47F4N7O5S. The highest BCUT2D eigenvalue weighted by atomic mass is 32.1. The topological polar surface area (TPSA) is 137 Å². The highest BCUT2D eigenvalue weighted by Crippen LogP contribution is 2.39. The first-order valence-corrected chi connectivity index (χ1v) is 19.1. The Hall–Kier alpha value is -4.16. The molecule has 0 aliphatic carbocycles. The smallest absolute Gasteiger partial charge is 0.406 e. The molecule has 0 unspecified atom stereocenters. The van der Waals surface area contributed by atoms with E-state index in [1.54, 1.807) is 24.6 Å². The second-order valence-corrected chi connectivity index (χ2v) is 15.9. The SMILES string of the molecule is C=C(/C=N\C(=C\c1c2c3cc(c(F)cc3n1CC(F)(F)F)-c1csc(n1)C[C@H](N)C(=O)N1CCC[C@H](N1)C(=O)OCC(C)(C)C2)[C@H](C)OC)N1CCOCC1. The number of fused-ring (bicyclic) bond motifs is 6. The van der Waals surface area contributed by atoms with Gasteiger partial charge in [-0.3, -0.25) is 19.6 Å². The average molecular weight is 790 g/mol. The maximum atomic E-state index is 16.2. The Morgan fingerprint density at radius 2 is 2.00 bits per heavy atom. The Bertz CT molecular complexity index is 1980. The molecule has 1 aromatic carbocycles. The van der Waals surface area contributed by atoms with E-state index in [4.69, 9.17) is 19.9 Å². The van der Waals surface area contributed by atoms with Crippen molar-refractivity contribution < 1.29 is 41.4 Å². The zero-order valence-electron chi connectivity index (χ0n) is 31.4. The fourth-order valence-electron chi connectivity index (χ4n) is 6.97. The number of alkyl halides is 3. The van der Waals surface area contributed by atoms with Crippen LogP contribution in [0.5, 0.6) is 0 Å². The quantitative estimate of drug-likeness (QED) is 0.187. The van der Waals surface area contributed by atoms with Gasteiger partial charge in [-0.05, 0) is 50.0 Å². The third-order valence-corrected chi connectivity index (χ3v) is 10.9. The number of aromatic nitrogens is 2. The zero-order valence-corrected chi connectivity index (χ0v) is 32.2. The predicted molar refractivity (Wildman–Crippen MR) is 202 cm³/mol. The standard InChI is InChI=1S/C38H47F4N7O5S/c1-22(47-9-11-53-12-10-47)18-44-30(23(2)52-5)16-33-26-17-37(3,4)21-54-36(51)29-7-6-8-49(46-29)35(50)28(43)15-34-45-31(19-55-34)25-13-24(26)32(14-27(25)39)48(33)20-38(40,41)42/h13-14,16,18-19,23,28-29,46H,1,6-12,15,17,20-21,43H2,2-5H3/b30-16+,44-18-/t23-,28-,29-/m0/s1. The molecular weight excluding hydrogens is 743 g/mol. The molecule has 3 aliphatic heterocycles. The number of allylic oxidation sites excluding steroid dienone is 1. The van der Waals surface area contributed by atoms with Crippen molar-refractivity contribution in [1.29, 1.82) is 0 Å². The van der Waals surface area contributed by atoms with E-state index >= 15 is 4.39 Å². The first-order chi connectivity index (χ1) is 26.0. The van der Waals surface area contributed by atoms with Crippen molar-refractivity contribution >= 4 is 46.4 Å². The van der Waals surface area contributed by atoms with Gasteiger partial charge in [0.15, 0.2) is 0 Å². The fraction of sp³-hybridized carbons (Fsp3) is 0.526. The normalized spacial score (nSPS) is 22.2. The molecule has 2 aromatic heterocycles. The summed E-state index contributed by atoms with van der Waals surface area (Å²) in [6.45, 7) is 10.6. The predicted octanol–water partition coefficient (Wildman–Crippen LogP) is 5.25. The molecule has 3 N–H and O–H groups in total. The molecule has 2 fully saturated rings. The van der Waals surface area contributed by atoms with Gasteiger partial charge in [-0.15, -0.1) is 11.3 Å². The summed E-state index contributed by atoms with van der Waals surface area (Å²) in [7, 11) is 1.47. The molecule has 2 saturated heterocycles. The maximum Gasteiger partial charge on any atom is 0.406 e. The van der Waals surface area contributed by atoms with Gasteiger partial charge >= 0.3 is 12.1 Å². The Morgan fingerprint density at radius 3 is 2.71 bits per heavy atom. The molecule has 55 heavy (non-hydrogen) atoms. The number of carbonyl (C=O) groups is 2. The van der Waals surface area contributed by atoms with Crippen LogP contribution in [-0.4, -0.2) is 108 Å². The van der Waals surface area contributed by atoms with Gasteiger partial charge in [-0.25, -0.2) is 14.8 Å². The lowest BCUT2D eigenvalue weighted by Crippen LogP contribution is -2.59. The first kappa shape index (κ1) is 40.5. The summed E-state index contributed by atoms with van der Waals surface area (Å²) in [6, 6.07) is 0.815. The first-order valence-electron chi connectivity index (χ1n) is 18.2. The second kappa shape index (κ2) is 16.5. The van der Waals surface area contributed by atoms with Gasteiger partial charge in [0.2, 0.25) is 0 Å². The lowest BCUT2D eigenvalue weighted by Gasteiger charge is -2.34. The van der Waals surface area contributed by atoms with Crippen LogP contribution in [0.1, 0.15) is 49.9 Å². The number of ether oxygens (including phenoxy) is 3. The molecule has 1 amide bonds. The molecule has 17 heteroatoms. The number of morpholine rings is 1. The summed E-state index contributed by atoms with van der Waals surface area (Å²) in [6.07, 6.45) is -1.10. The number of hydrogen-bond acceptors (Lipinski definition) is 11. The molecule has 3 aliphatic rings. The number of hydrazine groups is 1. The third-order valence-electron chi connectivity index (χ3n) is 10.0. The van der Waals surface area contributed by atoms with E-state index in [1.165, 1.54) is 29.5 Å². The fourth-order valence-corrected chi connectivity index (χ4v) is 7.83. The van der Waals surface area contributed by atoms with Crippen LogP contribution < -0.4 is 11.2 Å². The van der Waals surface area contributed by atoms with E-state index < -0.39 is 54.0 Å². The van der Waals surface area contributed by atoms with Crippen molar-refractivity contribution in [2.24, 2.45) is 16.1 Å². The van der Waals surface area contributed by atoms with Crippen LogP contribution in [0.3, 0.4) is 0 Å². The summed E-state index contributed by atoms with van der Waals surface area (Å²) in [5.74, 6) is -1.76. The number of halogens is 4. The highest BCUT2D eigenvalue weighted by molar-refractivity contribution is 7.10. The maximum absolute atomic E-state index is 16.2. The molecule has 0 saturated carbocycles.